The lowest BCUT2D eigenvalue weighted by Crippen LogP contribution is -2.56. The summed E-state index contributed by atoms with van der Waals surface area (Å²) in [5.74, 6) is 2.51. The zero-order chi connectivity index (χ0) is 24.3. The minimum atomic E-state index is -0.994. The van der Waals surface area contributed by atoms with Crippen molar-refractivity contribution < 1.29 is 20.1 Å². The van der Waals surface area contributed by atoms with E-state index < -0.39 is 12.0 Å². The smallest absolute Gasteiger partial charge is 0.123 e. The number of aliphatic hydroxyl groups excluding tert-OH is 2. The summed E-state index contributed by atoms with van der Waals surface area (Å²) in [5, 5.41) is 31.7. The Morgan fingerprint density at radius 3 is 2.69 bits per heavy atom. The van der Waals surface area contributed by atoms with E-state index in [0.717, 1.165) is 41.4 Å². The molecule has 4 aliphatic rings. The number of aromatic amines is 1. The van der Waals surface area contributed by atoms with Crippen molar-refractivity contribution in [1.82, 2.24) is 9.88 Å². The van der Waals surface area contributed by atoms with Crippen LogP contribution < -0.4 is 4.74 Å². The Hall–Kier alpha value is -2.54. The number of H-pyrrole nitrogens is 1. The summed E-state index contributed by atoms with van der Waals surface area (Å²) >= 11 is 0. The second-order valence-electron chi connectivity index (χ2n) is 10.8. The number of fused-ring (bicyclic) bond motifs is 4. The predicted octanol–water partition coefficient (Wildman–Crippen LogP) is 4.13. The molecule has 2 saturated heterocycles. The van der Waals surface area contributed by atoms with Gasteiger partial charge in [0.25, 0.3) is 0 Å². The van der Waals surface area contributed by atoms with Crippen molar-refractivity contribution in [1.29, 1.82) is 0 Å². The van der Waals surface area contributed by atoms with Crippen LogP contribution >= 0.6 is 0 Å². The van der Waals surface area contributed by atoms with Crippen LogP contribution in [0.2, 0.25) is 0 Å². The summed E-state index contributed by atoms with van der Waals surface area (Å²) in [6.07, 6.45) is 3.92. The van der Waals surface area contributed by atoms with Crippen molar-refractivity contribution in [2.75, 3.05) is 26.8 Å². The van der Waals surface area contributed by atoms with E-state index in [4.69, 9.17) is 4.74 Å². The van der Waals surface area contributed by atoms with Crippen molar-refractivity contribution in [3.05, 3.63) is 58.8 Å². The van der Waals surface area contributed by atoms with E-state index in [0.29, 0.717) is 17.7 Å². The minimum absolute atomic E-state index is 0.169. The fourth-order valence-corrected chi connectivity index (χ4v) is 7.56. The molecule has 1 aromatic heterocycles. The summed E-state index contributed by atoms with van der Waals surface area (Å²) in [6.45, 7) is 4.34. The lowest BCUT2D eigenvalue weighted by atomic mass is 9.65. The van der Waals surface area contributed by atoms with Gasteiger partial charge in [-0.15, -0.1) is 0 Å². The number of piperidine rings is 2. The number of methoxy groups -OCH3 is 1. The largest absolute Gasteiger partial charge is 0.508 e. The molecule has 6 nitrogen and oxygen atoms in total. The summed E-state index contributed by atoms with van der Waals surface area (Å²) < 4.78 is 5.87. The van der Waals surface area contributed by atoms with Crippen LogP contribution in [0.15, 0.2) is 36.4 Å². The lowest BCUT2D eigenvalue weighted by Gasteiger charge is -2.53. The molecule has 1 unspecified atom stereocenters. The van der Waals surface area contributed by atoms with Gasteiger partial charge >= 0.3 is 0 Å². The first-order valence-corrected chi connectivity index (χ1v) is 13.1. The monoisotopic (exact) mass is 476 g/mol. The molecular formula is C29H36N2O4. The van der Waals surface area contributed by atoms with Crippen molar-refractivity contribution in [3.8, 4) is 11.5 Å². The number of phenolic OH excluding ortho intramolecular Hbond substituents is 1. The average Bonchev–Trinajstić information content (AvgIpc) is 3.19. The van der Waals surface area contributed by atoms with Crippen molar-refractivity contribution in [2.24, 2.45) is 11.8 Å². The maximum absolute atomic E-state index is 10.8. The minimum Gasteiger partial charge on any atom is -0.508 e. The third-order valence-corrected chi connectivity index (χ3v) is 9.03. The Kier molecular flexibility index (Phi) is 5.78. The first kappa shape index (κ1) is 22.9. The standard InChI is InChI=1S/C29H36N2O4/c1-3-17-10-16-11-23-28-20(8-9-31(14-16)29(17)23)21-13-26(35-2)22(12-24(21)30-28)27(25(34)15-32)18-4-6-19(33)7-5-18/h4-7,12-13,16-17,23,25,27,29-30,32-34H,3,8-11,14-15H2,1-2H3/t16-,17+,23+,25-,27+,29+/m1/s1. The normalized spacial score (nSPS) is 29.0. The van der Waals surface area contributed by atoms with E-state index in [1.54, 1.807) is 31.4 Å². The van der Waals surface area contributed by atoms with E-state index in [-0.39, 0.29) is 12.4 Å². The van der Waals surface area contributed by atoms with Crippen LogP contribution in [-0.2, 0) is 6.42 Å². The van der Waals surface area contributed by atoms with E-state index in [1.807, 2.05) is 0 Å². The first-order valence-electron chi connectivity index (χ1n) is 13.1. The number of aliphatic hydroxyl groups is 2. The second-order valence-corrected chi connectivity index (χ2v) is 10.8. The number of ether oxygens (including phenoxy) is 1. The SMILES string of the molecule is CC[C@H]1C[C@@H]2C[C@H]3c4[nH]c5cc([C@H](c6ccc(O)cc6)[C@H](O)CO)c(OC)cc5c4CCN(C2)[C@@H]13. The van der Waals surface area contributed by atoms with E-state index in [2.05, 4.69) is 28.9 Å². The Bertz CT molecular complexity index is 1220. The molecule has 4 bridgehead atoms. The molecular weight excluding hydrogens is 440 g/mol. The molecule has 4 heterocycles. The number of nitrogens with one attached hydrogen (secondary N) is 1. The molecule has 0 spiro atoms. The first-order chi connectivity index (χ1) is 17.0. The van der Waals surface area contributed by atoms with Gasteiger partial charge in [0.05, 0.1) is 19.8 Å². The highest BCUT2D eigenvalue weighted by Crippen LogP contribution is 2.51. The van der Waals surface area contributed by atoms with Gasteiger partial charge in [-0.2, -0.15) is 0 Å². The number of aromatic nitrogens is 1. The second kappa shape index (κ2) is 8.84. The quantitative estimate of drug-likeness (QED) is 0.430. The molecule has 0 radical (unpaired) electrons. The van der Waals surface area contributed by atoms with Gasteiger partial charge in [0.2, 0.25) is 0 Å². The van der Waals surface area contributed by atoms with Crippen LogP contribution in [0, 0.1) is 11.8 Å². The van der Waals surface area contributed by atoms with Gasteiger partial charge in [-0.1, -0.05) is 25.5 Å². The summed E-state index contributed by atoms with van der Waals surface area (Å²) in [4.78, 5) is 6.60. The highest BCUT2D eigenvalue weighted by atomic mass is 16.5. The van der Waals surface area contributed by atoms with E-state index >= 15 is 0 Å². The van der Waals surface area contributed by atoms with Crippen LogP contribution in [-0.4, -0.2) is 64.2 Å². The van der Waals surface area contributed by atoms with Crippen LogP contribution in [0.1, 0.15) is 60.4 Å². The van der Waals surface area contributed by atoms with Gasteiger partial charge in [-0.25, -0.2) is 0 Å². The highest BCUT2D eigenvalue weighted by Gasteiger charge is 2.48. The molecule has 1 saturated carbocycles. The number of hydrogen-bond donors (Lipinski definition) is 4. The van der Waals surface area contributed by atoms with E-state index in [1.165, 1.54) is 42.5 Å². The molecule has 3 fully saturated rings. The van der Waals surface area contributed by atoms with Crippen molar-refractivity contribution >= 4 is 10.9 Å². The molecule has 0 amide bonds. The fourth-order valence-electron chi connectivity index (χ4n) is 7.56. The molecule has 35 heavy (non-hydrogen) atoms. The molecule has 186 valence electrons. The number of benzene rings is 2. The van der Waals surface area contributed by atoms with Gasteiger partial charge in [-0.3, -0.25) is 4.90 Å². The molecule has 2 aromatic carbocycles. The summed E-state index contributed by atoms with van der Waals surface area (Å²) in [7, 11) is 1.67. The summed E-state index contributed by atoms with van der Waals surface area (Å²) in [5.41, 5.74) is 5.55. The molecule has 7 atom stereocenters. The molecule has 3 aromatic rings. The zero-order valence-electron chi connectivity index (χ0n) is 20.6. The maximum Gasteiger partial charge on any atom is 0.123 e. The van der Waals surface area contributed by atoms with Gasteiger partial charge in [0.15, 0.2) is 0 Å². The average molecular weight is 477 g/mol. The van der Waals surface area contributed by atoms with Gasteiger partial charge in [0.1, 0.15) is 11.5 Å². The maximum atomic E-state index is 10.8. The number of phenols is 1. The van der Waals surface area contributed by atoms with Crippen LogP contribution in [0.4, 0.5) is 0 Å². The topological polar surface area (TPSA) is 89.0 Å². The number of hydrogen-bond acceptors (Lipinski definition) is 5. The summed E-state index contributed by atoms with van der Waals surface area (Å²) in [6, 6.07) is 11.7. The Morgan fingerprint density at radius 2 is 1.97 bits per heavy atom. The number of nitrogens with zero attached hydrogens (tertiary/aromatic N) is 1. The lowest BCUT2D eigenvalue weighted by molar-refractivity contribution is -0.0134. The number of rotatable bonds is 6. The molecule has 4 N–H and O–H groups in total. The van der Waals surface area contributed by atoms with Gasteiger partial charge in [0, 0.05) is 53.1 Å². The highest BCUT2D eigenvalue weighted by molar-refractivity contribution is 5.88. The van der Waals surface area contributed by atoms with E-state index in [9.17, 15) is 15.3 Å². The molecule has 7 rings (SSSR count). The Labute approximate surface area is 206 Å². The van der Waals surface area contributed by atoms with Gasteiger partial charge in [-0.05, 0) is 66.5 Å². The third kappa shape index (κ3) is 3.65. The third-order valence-electron chi connectivity index (χ3n) is 9.03. The molecule has 3 aliphatic heterocycles. The zero-order valence-corrected chi connectivity index (χ0v) is 20.6. The fraction of sp³-hybridized carbons (Fsp3) is 0.517. The predicted molar refractivity (Wildman–Crippen MR) is 136 cm³/mol. The van der Waals surface area contributed by atoms with Crippen molar-refractivity contribution in [2.45, 2.75) is 56.6 Å². The van der Waals surface area contributed by atoms with Crippen LogP contribution in [0.25, 0.3) is 10.9 Å². The molecule has 1 aliphatic carbocycles. The van der Waals surface area contributed by atoms with Crippen molar-refractivity contribution in [3.63, 3.8) is 0 Å². The number of aromatic hydroxyl groups is 1. The van der Waals surface area contributed by atoms with Crippen LogP contribution in [0.5, 0.6) is 11.5 Å². The Morgan fingerprint density at radius 1 is 1.17 bits per heavy atom. The molecule has 6 heteroatoms. The Balaban J connectivity index is 1.48. The van der Waals surface area contributed by atoms with Crippen LogP contribution in [0.3, 0.4) is 0 Å². The van der Waals surface area contributed by atoms with Gasteiger partial charge < -0.3 is 25.0 Å².